The molecular weight excluding hydrogens is 174 g/mol. The Morgan fingerprint density at radius 1 is 1.23 bits per heavy atom. The molecule has 0 aromatic carbocycles. The number of carbonyl (C=O) groups excluding carboxylic acids is 2. The van der Waals surface area contributed by atoms with E-state index < -0.39 is 17.5 Å². The highest BCUT2D eigenvalue weighted by atomic mass is 16.7. The molecule has 5 heteroatoms. The van der Waals surface area contributed by atoms with E-state index in [1.165, 1.54) is 7.05 Å². The van der Waals surface area contributed by atoms with Gasteiger partial charge >= 0.3 is 12.1 Å². The first-order chi connectivity index (χ1) is 5.88. The van der Waals surface area contributed by atoms with Gasteiger partial charge < -0.3 is 14.8 Å². The number of hydrogen-bond acceptors (Lipinski definition) is 4. The largest absolute Gasteiger partial charge is 0.427 e. The van der Waals surface area contributed by atoms with Crippen LogP contribution >= 0.6 is 0 Å². The third-order valence-electron chi connectivity index (χ3n) is 1.20. The lowest BCUT2D eigenvalue weighted by Gasteiger charge is -2.15. The summed E-state index contributed by atoms with van der Waals surface area (Å²) in [6.07, 6.45) is -0.623. The van der Waals surface area contributed by atoms with Crippen LogP contribution in [0.15, 0.2) is 0 Å². The topological polar surface area (TPSA) is 64.6 Å². The maximum Gasteiger partial charge on any atom is 0.409 e. The number of carbonyl (C=O) groups is 2. The molecule has 76 valence electrons. The monoisotopic (exact) mass is 189 g/mol. The summed E-state index contributed by atoms with van der Waals surface area (Å²) < 4.78 is 9.12. The van der Waals surface area contributed by atoms with Crippen molar-refractivity contribution in [2.45, 2.75) is 20.8 Å². The molecule has 0 radical (unpaired) electrons. The normalized spacial score (nSPS) is 10.5. The van der Waals surface area contributed by atoms with Crippen LogP contribution in [0.2, 0.25) is 0 Å². The summed E-state index contributed by atoms with van der Waals surface area (Å²) in [6, 6.07) is 0. The maximum atomic E-state index is 11.1. The van der Waals surface area contributed by atoms with Gasteiger partial charge in [0.15, 0.2) is 0 Å². The van der Waals surface area contributed by atoms with Gasteiger partial charge in [-0.2, -0.15) is 0 Å². The summed E-state index contributed by atoms with van der Waals surface area (Å²) in [5, 5.41) is 2.22. The highest BCUT2D eigenvalue weighted by Crippen LogP contribution is 2.14. The Morgan fingerprint density at radius 2 is 1.77 bits per heavy atom. The zero-order valence-corrected chi connectivity index (χ0v) is 8.34. The van der Waals surface area contributed by atoms with Crippen molar-refractivity contribution in [1.29, 1.82) is 0 Å². The second-order valence-corrected chi connectivity index (χ2v) is 3.48. The molecule has 0 unspecified atom stereocenters. The lowest BCUT2D eigenvalue weighted by molar-refractivity contribution is -0.161. The minimum atomic E-state index is -0.623. The number of nitrogens with one attached hydrogen (secondary N) is 1. The molecule has 0 saturated heterocycles. The molecule has 0 aromatic heterocycles. The number of rotatable bonds is 2. The predicted octanol–water partition coefficient (Wildman–Crippen LogP) is 0.889. The summed E-state index contributed by atoms with van der Waals surface area (Å²) in [5.74, 6) is -0.406. The average molecular weight is 189 g/mol. The van der Waals surface area contributed by atoms with Crippen molar-refractivity contribution in [1.82, 2.24) is 5.32 Å². The molecule has 0 spiro atoms. The van der Waals surface area contributed by atoms with E-state index in [1.54, 1.807) is 20.8 Å². The second-order valence-electron chi connectivity index (χ2n) is 3.48. The van der Waals surface area contributed by atoms with E-state index in [4.69, 9.17) is 0 Å². The van der Waals surface area contributed by atoms with Crippen LogP contribution in [0.5, 0.6) is 0 Å². The number of hydrogen-bond donors (Lipinski definition) is 1. The first-order valence-corrected chi connectivity index (χ1v) is 3.89. The molecule has 0 aliphatic carbocycles. The smallest absolute Gasteiger partial charge is 0.409 e. The second kappa shape index (κ2) is 4.69. The minimum absolute atomic E-state index is 0.351. The third-order valence-corrected chi connectivity index (χ3v) is 1.20. The van der Waals surface area contributed by atoms with Crippen LogP contribution in [0, 0.1) is 5.41 Å². The van der Waals surface area contributed by atoms with E-state index in [2.05, 4.69) is 14.8 Å². The summed E-state index contributed by atoms with van der Waals surface area (Å²) in [6.45, 7) is 4.80. The summed E-state index contributed by atoms with van der Waals surface area (Å²) in [7, 11) is 1.42. The van der Waals surface area contributed by atoms with Gasteiger partial charge in [0.1, 0.15) is 0 Å². The Labute approximate surface area is 77.4 Å². The van der Waals surface area contributed by atoms with Crippen molar-refractivity contribution in [3.63, 3.8) is 0 Å². The van der Waals surface area contributed by atoms with Gasteiger partial charge in [-0.3, -0.25) is 4.79 Å². The number of ether oxygens (including phenoxy) is 2. The Kier molecular flexibility index (Phi) is 4.23. The lowest BCUT2D eigenvalue weighted by atomic mass is 9.98. The molecule has 1 N–H and O–H groups in total. The van der Waals surface area contributed by atoms with E-state index >= 15 is 0 Å². The number of amides is 1. The van der Waals surface area contributed by atoms with Gasteiger partial charge in [-0.15, -0.1) is 0 Å². The van der Waals surface area contributed by atoms with Crippen LogP contribution in [-0.2, 0) is 14.3 Å². The van der Waals surface area contributed by atoms with Crippen molar-refractivity contribution in [2.75, 3.05) is 13.8 Å². The fourth-order valence-electron chi connectivity index (χ4n) is 0.425. The summed E-state index contributed by atoms with van der Waals surface area (Å²) in [5.41, 5.74) is -0.577. The molecule has 13 heavy (non-hydrogen) atoms. The van der Waals surface area contributed by atoms with Crippen molar-refractivity contribution >= 4 is 12.1 Å². The van der Waals surface area contributed by atoms with Gasteiger partial charge in [0, 0.05) is 7.05 Å². The molecule has 0 aliphatic rings. The number of esters is 1. The van der Waals surface area contributed by atoms with Gasteiger partial charge in [0.05, 0.1) is 5.41 Å². The molecule has 0 aromatic rings. The Morgan fingerprint density at radius 3 is 2.15 bits per heavy atom. The van der Waals surface area contributed by atoms with E-state index in [9.17, 15) is 9.59 Å². The maximum absolute atomic E-state index is 11.1. The van der Waals surface area contributed by atoms with Crippen LogP contribution < -0.4 is 5.32 Å². The first-order valence-electron chi connectivity index (χ1n) is 3.89. The fourth-order valence-corrected chi connectivity index (χ4v) is 0.425. The van der Waals surface area contributed by atoms with Crippen LogP contribution in [0.1, 0.15) is 20.8 Å². The van der Waals surface area contributed by atoms with Crippen molar-refractivity contribution in [2.24, 2.45) is 5.41 Å². The molecule has 0 aliphatic heterocycles. The third kappa shape index (κ3) is 5.05. The van der Waals surface area contributed by atoms with Gasteiger partial charge in [0.25, 0.3) is 0 Å². The van der Waals surface area contributed by atoms with Crippen LogP contribution in [0.4, 0.5) is 4.79 Å². The van der Waals surface area contributed by atoms with Crippen molar-refractivity contribution in [3.8, 4) is 0 Å². The van der Waals surface area contributed by atoms with Gasteiger partial charge in [0.2, 0.25) is 6.79 Å². The van der Waals surface area contributed by atoms with Gasteiger partial charge in [-0.1, -0.05) is 0 Å². The Hall–Kier alpha value is -1.26. The molecule has 0 bridgehead atoms. The highest BCUT2D eigenvalue weighted by Gasteiger charge is 2.23. The zero-order chi connectivity index (χ0) is 10.5. The van der Waals surface area contributed by atoms with E-state index in [-0.39, 0.29) is 6.79 Å². The van der Waals surface area contributed by atoms with Crippen LogP contribution in [-0.4, -0.2) is 25.9 Å². The van der Waals surface area contributed by atoms with Crippen LogP contribution in [0.25, 0.3) is 0 Å². The molecule has 1 amide bonds. The SMILES string of the molecule is CNC(=O)OCOC(=O)C(C)(C)C. The summed E-state index contributed by atoms with van der Waals surface area (Å²) in [4.78, 5) is 21.6. The number of alkyl carbamates (subject to hydrolysis) is 1. The van der Waals surface area contributed by atoms with Crippen LogP contribution in [0.3, 0.4) is 0 Å². The molecule has 0 atom stereocenters. The molecule has 0 saturated carbocycles. The van der Waals surface area contributed by atoms with Gasteiger partial charge in [-0.25, -0.2) is 4.79 Å². The zero-order valence-electron chi connectivity index (χ0n) is 8.34. The first kappa shape index (κ1) is 11.7. The van der Waals surface area contributed by atoms with E-state index in [0.29, 0.717) is 0 Å². The molecule has 5 nitrogen and oxygen atoms in total. The fraction of sp³-hybridized carbons (Fsp3) is 0.750. The lowest BCUT2D eigenvalue weighted by Crippen LogP contribution is -2.26. The molecule has 0 fully saturated rings. The molecular formula is C8H15NO4. The van der Waals surface area contributed by atoms with E-state index in [1.807, 2.05) is 0 Å². The highest BCUT2D eigenvalue weighted by molar-refractivity contribution is 5.75. The van der Waals surface area contributed by atoms with Crippen molar-refractivity contribution in [3.05, 3.63) is 0 Å². The predicted molar refractivity (Wildman–Crippen MR) is 46.0 cm³/mol. The molecule has 0 heterocycles. The standard InChI is InChI=1S/C8H15NO4/c1-8(2,3)6(10)12-5-13-7(11)9-4/h5H2,1-4H3,(H,9,11). The van der Waals surface area contributed by atoms with E-state index in [0.717, 1.165) is 0 Å². The Balaban J connectivity index is 3.67. The van der Waals surface area contributed by atoms with Gasteiger partial charge in [-0.05, 0) is 20.8 Å². The summed E-state index contributed by atoms with van der Waals surface area (Å²) >= 11 is 0. The minimum Gasteiger partial charge on any atom is -0.427 e. The quantitative estimate of drug-likeness (QED) is 0.517. The van der Waals surface area contributed by atoms with Crippen molar-refractivity contribution < 1.29 is 19.1 Å². The molecule has 0 rings (SSSR count). The Bertz CT molecular complexity index is 195. The average Bonchev–Trinajstić information content (AvgIpc) is 2.02.